The predicted octanol–water partition coefficient (Wildman–Crippen LogP) is -37.8. The maximum atomic E-state index is 9.72. The van der Waals surface area contributed by atoms with Crippen molar-refractivity contribution in [1.29, 1.82) is 0 Å². The van der Waals surface area contributed by atoms with Gasteiger partial charge in [0.15, 0.2) is 6.10 Å². The molecule has 0 rings (SSSR count). The minimum atomic E-state index is -1.79. The van der Waals surface area contributed by atoms with Crippen molar-refractivity contribution in [1.82, 2.24) is 0 Å². The maximum Gasteiger partial charge on any atom is 2.00 e. The molecule has 0 radical (unpaired) electrons. The first-order chi connectivity index (χ1) is 5.45. The molecule has 1 atom stereocenters. The average Bonchev–Trinajstić information content (AvgIpc) is 1.87. The second-order valence-corrected chi connectivity index (χ2v) is 1.66. The number of hydrogen-bond donors (Lipinski definition) is 3. The fraction of sp³-hybridized carbons (Fsp3) is 0.500. The number of aliphatic hydroxyl groups is 1. The first kappa shape index (κ1) is 243. The Kier molecular flexibility index (Phi) is 1420. The van der Waals surface area contributed by atoms with Crippen LogP contribution in [-0.2, 0) is 14.4 Å². The predicted molar refractivity (Wildman–Crippen MR) is 88.5 cm³/mol. The van der Waals surface area contributed by atoms with Crippen LogP contribution in [0.15, 0.2) is 0 Å². The Hall–Kier alpha value is 5.53. The molecule has 34 heavy (non-hydrogen) atoms. The Morgan fingerprint density at radius 1 is 0.676 bits per heavy atom. The molecule has 0 aromatic carbocycles. The maximum absolute atomic E-state index is 9.72. The summed E-state index contributed by atoms with van der Waals surface area (Å²) >= 11 is 0. The van der Waals surface area contributed by atoms with Gasteiger partial charge in [0.05, 0.1) is 6.42 Å². The van der Waals surface area contributed by atoms with E-state index in [1.54, 1.807) is 0 Å². The molecule has 0 saturated heterocycles. The molecule has 0 amide bonds. The molecule has 0 aromatic rings. The first-order valence-corrected chi connectivity index (χ1v) is 2.87. The Balaban J connectivity index is -0.00000000175. The molecule has 0 aromatic heterocycles. The monoisotopic (exact) mass is 734 g/mol. The Labute approximate surface area is 366 Å². The van der Waals surface area contributed by atoms with Crippen molar-refractivity contribution in [2.45, 2.75) is 19.4 Å². The molecular weight excluding hydrogens is 706 g/mol. The molecule has 28 heteroatoms. The summed E-state index contributed by atoms with van der Waals surface area (Å²) in [5.41, 5.74) is 0. The van der Waals surface area contributed by atoms with Gasteiger partial charge in [-0.2, -0.15) is 6.92 Å². The number of carboxylic acids is 2. The third-order valence-electron chi connectivity index (χ3n) is 0.653. The van der Waals surface area contributed by atoms with Crippen LogP contribution in [0.1, 0.15) is 13.3 Å². The molecule has 0 heterocycles. The van der Waals surface area contributed by atoms with E-state index in [-0.39, 0.29) is 306 Å². The van der Waals surface area contributed by atoms with Crippen molar-refractivity contribution < 1.29 is 275 Å². The first-order valence-electron chi connectivity index (χ1n) is 2.87. The van der Waals surface area contributed by atoms with Crippen molar-refractivity contribution in [3.05, 3.63) is 0 Å². The summed E-state index contributed by atoms with van der Waals surface area (Å²) in [7, 11) is 0. The van der Waals surface area contributed by atoms with Gasteiger partial charge in [0.25, 0.3) is 0 Å². The van der Waals surface area contributed by atoms with Gasteiger partial charge in [0.1, 0.15) is 0 Å². The van der Waals surface area contributed by atoms with Gasteiger partial charge in [-0.05, 0) is 0 Å². The number of halogens is 6. The van der Waals surface area contributed by atoms with Crippen LogP contribution < -0.4 is 185 Å². The van der Waals surface area contributed by atoms with E-state index in [9.17, 15) is 9.59 Å². The summed E-state index contributed by atoms with van der Waals surface area (Å²) in [5, 5.41) is 24.1. The number of carbonyl (C=O) groups excluding carboxylic acids is 1. The Morgan fingerprint density at radius 2 is 0.794 bits per heavy atom. The molecule has 206 valence electrons. The minimum absolute atomic E-state index is 0. The van der Waals surface area contributed by atoms with Crippen LogP contribution >= 0.6 is 0 Å². The van der Waals surface area contributed by atoms with Crippen molar-refractivity contribution >= 4 is 79.0 Å². The van der Waals surface area contributed by atoms with E-state index in [0.717, 1.165) is 0 Å². The van der Waals surface area contributed by atoms with E-state index >= 15 is 0 Å². The molecule has 0 spiro atoms. The largest absolute Gasteiger partial charge is 2.00 e. The van der Waals surface area contributed by atoms with Crippen molar-refractivity contribution in [3.63, 3.8) is 0 Å². The fourth-order valence-corrected chi connectivity index (χ4v) is 0.253. The van der Waals surface area contributed by atoms with Crippen molar-refractivity contribution in [2.24, 2.45) is 0 Å². The third kappa shape index (κ3) is 274. The van der Waals surface area contributed by atoms with E-state index in [0.29, 0.717) is 0 Å². The van der Waals surface area contributed by atoms with Crippen LogP contribution in [0.25, 0.3) is 0 Å². The van der Waals surface area contributed by atoms with E-state index in [1.165, 1.54) is 13.2 Å². The summed E-state index contributed by atoms with van der Waals surface area (Å²) in [6, 6.07) is 0. The van der Waals surface area contributed by atoms with Gasteiger partial charge in [-0.1, -0.05) is 0 Å². The van der Waals surface area contributed by atoms with Gasteiger partial charge in [-0.15, -0.1) is 0 Å². The Bertz CT molecular complexity index is 222. The average molecular weight is 737 g/mol. The number of aliphatic carboxylic acids is 2. The van der Waals surface area contributed by atoms with E-state index in [4.69, 9.17) is 20.1 Å². The number of hydrogen-bond acceptors (Lipinski definition) is 4. The van der Waals surface area contributed by atoms with E-state index in [1.807, 2.05) is 0 Å². The van der Waals surface area contributed by atoms with Crippen molar-refractivity contribution in [2.75, 3.05) is 0 Å². The summed E-state index contributed by atoms with van der Waals surface area (Å²) in [6.07, 6.45) is -1.04. The summed E-state index contributed by atoms with van der Waals surface area (Å²) in [4.78, 5) is 28.1. The third-order valence-corrected chi connectivity index (χ3v) is 0.653. The molecule has 0 unspecified atom stereocenters. The second-order valence-electron chi connectivity index (χ2n) is 1.66. The minimum Gasteiger partial charge on any atom is -1.00 e. The molecule has 25 N–H and O–H groups in total. The second kappa shape index (κ2) is 199. The SMILES string of the molecule is C[C-]=O.O.O.O.O.O.O.O.O.O.O.O.O=C(O)C[C@H](O)C(=O)O.[Ca+2].[Cl-].[Cl-].[Cl-].[Cl-].[Cl-].[Cl-].[K+].[Mg+2].[Na+].[Na+]. The summed E-state index contributed by atoms with van der Waals surface area (Å²) in [6.45, 7) is 1.32. The molecule has 0 aliphatic heterocycles. The molecule has 0 saturated carbocycles. The summed E-state index contributed by atoms with van der Waals surface area (Å²) in [5.74, 6) is -2.85. The van der Waals surface area contributed by atoms with Gasteiger partial charge in [0.2, 0.25) is 0 Å². The van der Waals surface area contributed by atoms with Crippen LogP contribution in [0.5, 0.6) is 0 Å². The van der Waals surface area contributed by atoms with Gasteiger partial charge in [-0.25, -0.2) is 4.79 Å². The molecule has 0 aliphatic rings. The van der Waals surface area contributed by atoms with Crippen LogP contribution in [0.4, 0.5) is 0 Å². The molecule has 0 fully saturated rings. The van der Waals surface area contributed by atoms with Gasteiger partial charge in [-0.3, -0.25) is 11.1 Å². The van der Waals surface area contributed by atoms with Gasteiger partial charge in [0, 0.05) is 0 Å². The van der Waals surface area contributed by atoms with E-state index in [2.05, 4.69) is 0 Å². The van der Waals surface area contributed by atoms with Crippen LogP contribution in [0.2, 0.25) is 0 Å². The quantitative estimate of drug-likeness (QED) is 0.186. The number of carbonyl (C=O) groups is 2. The fourth-order valence-electron chi connectivity index (χ4n) is 0.253. The zero-order chi connectivity index (χ0) is 10.1. The zero-order valence-electron chi connectivity index (χ0n) is 18.5. The standard InChI is InChI=1S/C4H6O5.C2H3O.Ca.6ClH.K.Mg.2Na.11H2O/c5-2(4(8)9)1-3(6)7;1-2-3;;;;;;;;;;;;;;;;;;;;;;/h2,5H,1H2,(H,6,7)(H,8,9);1H3;;6*1H;;;;;11*1H2/q;-1;+2;;;;;;;+1;+2;2*+1;;;;;;;;;;;/p-6/t2-;;;;;;;;;;;;;;;;;;;;;;;/m0......................./s1. The summed E-state index contributed by atoms with van der Waals surface area (Å²) < 4.78 is 0. The van der Waals surface area contributed by atoms with Gasteiger partial charge < -0.3 is 155 Å². The molecule has 0 aliphatic carbocycles. The number of aliphatic hydroxyl groups excluding tert-OH is 1. The topological polar surface area (TPSA) is 458 Å². The zero-order valence-corrected chi connectivity index (χ0v) is 33.8. The molecule has 0 bridgehead atoms. The van der Waals surface area contributed by atoms with Crippen LogP contribution in [-0.4, -0.2) is 161 Å². The molecular formula is C6H31CaCl6KMgNa2O17. The van der Waals surface area contributed by atoms with Crippen molar-refractivity contribution in [3.8, 4) is 0 Å². The van der Waals surface area contributed by atoms with Crippen LogP contribution in [0.3, 0.4) is 0 Å². The number of rotatable bonds is 3. The normalized spacial score (nSPS) is 3.71. The Morgan fingerprint density at radius 3 is 0.824 bits per heavy atom. The van der Waals surface area contributed by atoms with E-state index < -0.39 is 24.5 Å². The van der Waals surface area contributed by atoms with Gasteiger partial charge >= 0.3 is 183 Å². The van der Waals surface area contributed by atoms with Crippen LogP contribution in [0, 0.1) is 0 Å². The molecule has 17 nitrogen and oxygen atoms in total. The smallest absolute Gasteiger partial charge is 1.00 e. The number of carboxylic acid groups (broad SMARTS) is 2.